The third kappa shape index (κ3) is 1.72. The number of halogens is 1. The smallest absolute Gasteiger partial charge is 0.217 e. The third-order valence-corrected chi connectivity index (χ3v) is 3.44. The van der Waals surface area contributed by atoms with Crippen LogP contribution >= 0.6 is 15.9 Å². The summed E-state index contributed by atoms with van der Waals surface area (Å²) >= 11 is 3.47. The minimum atomic E-state index is -0.0753. The van der Waals surface area contributed by atoms with E-state index in [0.717, 1.165) is 29.3 Å². The molecular weight excluding hydrogens is 256 g/mol. The van der Waals surface area contributed by atoms with E-state index < -0.39 is 0 Å². The molecule has 0 saturated heterocycles. The summed E-state index contributed by atoms with van der Waals surface area (Å²) in [6.45, 7) is 0. The second-order valence-corrected chi connectivity index (χ2v) is 4.44. The molecule has 0 saturated carbocycles. The average Bonchev–Trinajstić information content (AvgIpc) is 2.29. The van der Waals surface area contributed by atoms with Crippen LogP contribution in [0.25, 0.3) is 0 Å². The van der Waals surface area contributed by atoms with Gasteiger partial charge < -0.3 is 4.74 Å². The van der Waals surface area contributed by atoms with Gasteiger partial charge in [0.2, 0.25) is 5.88 Å². The number of hydrogen-bond acceptors (Lipinski definition) is 3. The van der Waals surface area contributed by atoms with Gasteiger partial charge in [-0.2, -0.15) is 5.26 Å². The minimum absolute atomic E-state index is 0.0753. The van der Waals surface area contributed by atoms with Gasteiger partial charge in [0.15, 0.2) is 0 Å². The fourth-order valence-electron chi connectivity index (χ4n) is 2.05. The van der Waals surface area contributed by atoms with E-state index >= 15 is 0 Å². The number of nitrogens with zero attached hydrogens (tertiary/aromatic N) is 2. The van der Waals surface area contributed by atoms with Crippen LogP contribution < -0.4 is 4.74 Å². The molecule has 0 aliphatic heterocycles. The first-order valence-corrected chi connectivity index (χ1v) is 5.68. The van der Waals surface area contributed by atoms with Gasteiger partial charge in [0, 0.05) is 16.2 Å². The van der Waals surface area contributed by atoms with Crippen molar-refractivity contribution in [1.29, 1.82) is 5.26 Å². The van der Waals surface area contributed by atoms with Gasteiger partial charge in [-0.1, -0.05) is 0 Å². The maximum atomic E-state index is 9.10. The van der Waals surface area contributed by atoms with Gasteiger partial charge in [0.1, 0.15) is 0 Å². The lowest BCUT2D eigenvalue weighted by Crippen LogP contribution is -2.11. The molecule has 0 bridgehead atoms. The summed E-state index contributed by atoms with van der Waals surface area (Å²) in [7, 11) is 1.60. The summed E-state index contributed by atoms with van der Waals surface area (Å²) in [5.41, 5.74) is 2.15. The topological polar surface area (TPSA) is 45.9 Å². The highest BCUT2D eigenvalue weighted by Crippen LogP contribution is 2.39. The van der Waals surface area contributed by atoms with Crippen molar-refractivity contribution < 1.29 is 4.74 Å². The normalized spacial score (nSPS) is 19.1. The maximum Gasteiger partial charge on any atom is 0.217 e. The predicted molar refractivity (Wildman–Crippen MR) is 59.8 cm³/mol. The number of fused-ring (bicyclic) bond motifs is 1. The van der Waals surface area contributed by atoms with Crippen molar-refractivity contribution in [2.45, 2.75) is 25.2 Å². The van der Waals surface area contributed by atoms with Gasteiger partial charge in [0.05, 0.1) is 19.1 Å². The van der Waals surface area contributed by atoms with Crippen molar-refractivity contribution in [3.8, 4) is 11.9 Å². The Balaban J connectivity index is 2.61. The van der Waals surface area contributed by atoms with Crippen LogP contribution in [0.3, 0.4) is 0 Å². The molecular formula is C11H11BrN2O. The van der Waals surface area contributed by atoms with Crippen LogP contribution in [0.5, 0.6) is 5.88 Å². The zero-order chi connectivity index (χ0) is 10.8. The molecule has 2 rings (SSSR count). The van der Waals surface area contributed by atoms with Crippen molar-refractivity contribution in [3.63, 3.8) is 0 Å². The molecule has 1 aromatic rings. The Labute approximate surface area is 97.2 Å². The molecule has 1 atom stereocenters. The van der Waals surface area contributed by atoms with E-state index in [0.29, 0.717) is 5.88 Å². The Morgan fingerprint density at radius 1 is 1.67 bits per heavy atom. The van der Waals surface area contributed by atoms with Gasteiger partial charge in [-0.15, -0.1) is 0 Å². The van der Waals surface area contributed by atoms with Crippen LogP contribution in [-0.4, -0.2) is 12.1 Å². The van der Waals surface area contributed by atoms with Crippen LogP contribution in [0.15, 0.2) is 10.7 Å². The van der Waals surface area contributed by atoms with Crippen LogP contribution in [0, 0.1) is 11.3 Å². The van der Waals surface area contributed by atoms with Crippen LogP contribution in [0.1, 0.15) is 29.9 Å². The van der Waals surface area contributed by atoms with Crippen LogP contribution in [0.4, 0.5) is 0 Å². The van der Waals surface area contributed by atoms with E-state index in [1.165, 1.54) is 5.56 Å². The van der Waals surface area contributed by atoms with Gasteiger partial charge in [-0.05, 0) is 40.8 Å². The lowest BCUT2D eigenvalue weighted by Gasteiger charge is -2.22. The monoisotopic (exact) mass is 266 g/mol. The molecule has 0 radical (unpaired) electrons. The number of hydrogen-bond donors (Lipinski definition) is 0. The summed E-state index contributed by atoms with van der Waals surface area (Å²) in [6, 6.07) is 2.32. The van der Waals surface area contributed by atoms with Gasteiger partial charge in [0.25, 0.3) is 0 Å². The molecule has 0 aromatic carbocycles. The van der Waals surface area contributed by atoms with Crippen molar-refractivity contribution in [2.75, 3.05) is 7.11 Å². The molecule has 78 valence electrons. The van der Waals surface area contributed by atoms with E-state index in [1.54, 1.807) is 13.3 Å². The fourth-order valence-corrected chi connectivity index (χ4v) is 2.57. The summed E-state index contributed by atoms with van der Waals surface area (Å²) < 4.78 is 6.20. The first kappa shape index (κ1) is 10.4. The molecule has 0 spiro atoms. The SMILES string of the molecule is COc1ncc(Br)c2c1C(C#N)CCC2. The number of ether oxygens (including phenoxy) is 1. The molecule has 1 aromatic heterocycles. The van der Waals surface area contributed by atoms with E-state index in [4.69, 9.17) is 10.00 Å². The number of pyridine rings is 1. The number of methoxy groups -OCH3 is 1. The Morgan fingerprint density at radius 2 is 2.47 bits per heavy atom. The zero-order valence-electron chi connectivity index (χ0n) is 8.46. The van der Waals surface area contributed by atoms with Crippen molar-refractivity contribution in [3.05, 3.63) is 21.8 Å². The van der Waals surface area contributed by atoms with Crippen molar-refractivity contribution in [2.24, 2.45) is 0 Å². The average molecular weight is 267 g/mol. The van der Waals surface area contributed by atoms with Gasteiger partial charge in [-0.3, -0.25) is 0 Å². The summed E-state index contributed by atoms with van der Waals surface area (Å²) in [4.78, 5) is 4.19. The van der Waals surface area contributed by atoms with Crippen LogP contribution in [-0.2, 0) is 6.42 Å². The number of rotatable bonds is 1. The Hall–Kier alpha value is -1.08. The fraction of sp³-hybridized carbons (Fsp3) is 0.455. The van der Waals surface area contributed by atoms with E-state index in [1.807, 2.05) is 0 Å². The minimum Gasteiger partial charge on any atom is -0.481 e. The maximum absolute atomic E-state index is 9.10. The van der Waals surface area contributed by atoms with Crippen molar-refractivity contribution >= 4 is 15.9 Å². The number of aromatic nitrogens is 1. The quantitative estimate of drug-likeness (QED) is 0.786. The molecule has 0 fully saturated rings. The Bertz CT molecular complexity index is 425. The van der Waals surface area contributed by atoms with E-state index in [9.17, 15) is 0 Å². The van der Waals surface area contributed by atoms with Gasteiger partial charge >= 0.3 is 0 Å². The molecule has 3 nitrogen and oxygen atoms in total. The molecule has 1 unspecified atom stereocenters. The highest BCUT2D eigenvalue weighted by atomic mass is 79.9. The largest absolute Gasteiger partial charge is 0.481 e. The second-order valence-electron chi connectivity index (χ2n) is 3.58. The molecule has 1 heterocycles. The van der Waals surface area contributed by atoms with Gasteiger partial charge in [-0.25, -0.2) is 4.98 Å². The first-order valence-electron chi connectivity index (χ1n) is 4.88. The first-order chi connectivity index (χ1) is 7.27. The molecule has 0 amide bonds. The lowest BCUT2D eigenvalue weighted by atomic mass is 9.84. The molecule has 4 heteroatoms. The van der Waals surface area contributed by atoms with E-state index in [2.05, 4.69) is 27.0 Å². The molecule has 1 aliphatic carbocycles. The summed E-state index contributed by atoms with van der Waals surface area (Å²) in [5.74, 6) is 0.521. The third-order valence-electron chi connectivity index (χ3n) is 2.76. The molecule has 15 heavy (non-hydrogen) atoms. The summed E-state index contributed by atoms with van der Waals surface area (Å²) in [6.07, 6.45) is 4.69. The molecule has 0 N–H and O–H groups in total. The summed E-state index contributed by atoms with van der Waals surface area (Å²) in [5, 5.41) is 9.10. The lowest BCUT2D eigenvalue weighted by molar-refractivity contribution is 0.386. The standard InChI is InChI=1S/C11H11BrN2O/c1-15-11-10-7(5-13)3-2-4-8(10)9(12)6-14-11/h6-7H,2-4H2,1H3. The van der Waals surface area contributed by atoms with Crippen molar-refractivity contribution in [1.82, 2.24) is 4.98 Å². The highest BCUT2D eigenvalue weighted by molar-refractivity contribution is 9.10. The zero-order valence-corrected chi connectivity index (χ0v) is 10.0. The Kier molecular flexibility index (Phi) is 2.92. The Morgan fingerprint density at radius 3 is 3.13 bits per heavy atom. The second kappa shape index (κ2) is 4.19. The van der Waals surface area contributed by atoms with E-state index in [-0.39, 0.29) is 5.92 Å². The predicted octanol–water partition coefficient (Wildman–Crippen LogP) is 2.80. The van der Waals surface area contributed by atoms with Crippen LogP contribution in [0.2, 0.25) is 0 Å². The highest BCUT2D eigenvalue weighted by Gasteiger charge is 2.26. The number of nitriles is 1. The molecule has 1 aliphatic rings.